The number of allylic oxidation sites excluding steroid dienone is 3. The number of anilines is 1. The van der Waals surface area contributed by atoms with E-state index in [1.807, 2.05) is 12.2 Å². The Morgan fingerprint density at radius 3 is 2.38 bits per heavy atom. The molecule has 1 fully saturated rings. The van der Waals surface area contributed by atoms with Crippen molar-refractivity contribution >= 4 is 69.1 Å². The van der Waals surface area contributed by atoms with Crippen molar-refractivity contribution in [2.24, 2.45) is 5.41 Å². The fourth-order valence-corrected chi connectivity index (χ4v) is 9.15. The predicted molar refractivity (Wildman–Crippen MR) is 219 cm³/mol. The Hall–Kier alpha value is -2.96. The van der Waals surface area contributed by atoms with Crippen LogP contribution in [-0.4, -0.2) is 103 Å². The maximum atomic E-state index is 12.6. The molecule has 2 unspecified atom stereocenters. The first-order valence-electron chi connectivity index (χ1n) is 19.9. The molecule has 28 heteroatoms. The highest BCUT2D eigenvalue weighted by Gasteiger charge is 2.47. The van der Waals surface area contributed by atoms with Crippen molar-refractivity contribution in [2.75, 3.05) is 37.8 Å². The molecule has 2 aromatic heterocycles. The zero-order valence-corrected chi connectivity index (χ0v) is 38.4. The molecule has 1 aliphatic rings. The fraction of sp³-hybridized carbons (Fsp3) is 0.657. The van der Waals surface area contributed by atoms with E-state index >= 15 is 0 Å². The van der Waals surface area contributed by atoms with Crippen LogP contribution >= 0.6 is 35.2 Å². The van der Waals surface area contributed by atoms with Gasteiger partial charge in [-0.25, -0.2) is 19.3 Å². The number of thioether (sulfide) groups is 1. The molecular weight excluding hydrogens is 915 g/mol. The van der Waals surface area contributed by atoms with Crippen LogP contribution in [0.4, 0.5) is 5.82 Å². The largest absolute Gasteiger partial charge is 0.790 e. The zero-order chi connectivity index (χ0) is 46.8. The van der Waals surface area contributed by atoms with E-state index in [0.29, 0.717) is 5.75 Å². The second-order valence-electron chi connectivity index (χ2n) is 14.8. The Morgan fingerprint density at radius 1 is 1.00 bits per heavy atom. The van der Waals surface area contributed by atoms with Crippen molar-refractivity contribution in [1.82, 2.24) is 30.2 Å². The van der Waals surface area contributed by atoms with Gasteiger partial charge in [-0.15, -0.1) is 0 Å². The maximum Gasteiger partial charge on any atom is 0.274 e. The van der Waals surface area contributed by atoms with Crippen LogP contribution in [0.1, 0.15) is 84.8 Å². The van der Waals surface area contributed by atoms with Crippen LogP contribution in [0.3, 0.4) is 0 Å². The van der Waals surface area contributed by atoms with E-state index in [2.05, 4.69) is 50.4 Å². The molecule has 0 aromatic carbocycles. The molecule has 2 aromatic rings. The summed E-state index contributed by atoms with van der Waals surface area (Å²) in [6, 6.07) is 0. The second-order valence-corrected chi connectivity index (χ2v) is 20.0. The Kier molecular flexibility index (Phi) is 22.1. The highest BCUT2D eigenvalue weighted by molar-refractivity contribution is 8.14. The number of imidazole rings is 1. The molecule has 24 nitrogen and oxygen atoms in total. The molecule has 7 atom stereocenters. The van der Waals surface area contributed by atoms with Crippen LogP contribution in [0.5, 0.6) is 0 Å². The van der Waals surface area contributed by atoms with E-state index < -0.39 is 84.6 Å². The van der Waals surface area contributed by atoms with Crippen LogP contribution in [0, 0.1) is 5.41 Å². The van der Waals surface area contributed by atoms with E-state index in [1.54, 1.807) is 6.08 Å². The monoisotopic (exact) mass is 969 g/mol. The molecule has 0 saturated carbocycles. The van der Waals surface area contributed by atoms with Gasteiger partial charge in [0.15, 0.2) is 17.7 Å². The average Bonchev–Trinajstić information content (AvgIpc) is 3.76. The van der Waals surface area contributed by atoms with Gasteiger partial charge in [0.1, 0.15) is 36.3 Å². The number of nitrogen functional groups attached to an aromatic ring is 1. The number of hydrogen-bond acceptors (Lipinski definition) is 22. The number of unbranched alkanes of at least 4 members (excludes halogenated alkanes) is 7. The molecule has 0 spiro atoms. The van der Waals surface area contributed by atoms with E-state index in [-0.39, 0.29) is 41.6 Å². The summed E-state index contributed by atoms with van der Waals surface area (Å²) in [6.07, 6.45) is 8.91. The number of carbonyl (C=O) groups is 3. The molecule has 63 heavy (non-hydrogen) atoms. The quantitative estimate of drug-likeness (QED) is 0.0318. The number of nitrogens with zero attached hydrogens (tertiary/aromatic N) is 4. The van der Waals surface area contributed by atoms with Crippen molar-refractivity contribution < 1.29 is 80.5 Å². The summed E-state index contributed by atoms with van der Waals surface area (Å²) in [5.41, 5.74) is 4.07. The van der Waals surface area contributed by atoms with Gasteiger partial charge in [-0.2, -0.15) is 0 Å². The molecule has 1 saturated heterocycles. The number of phosphoric ester groups is 3. The number of aliphatic hydroxyl groups is 2. The van der Waals surface area contributed by atoms with Gasteiger partial charge in [0.05, 0.1) is 27.4 Å². The number of phosphoric acid groups is 3. The third-order valence-electron chi connectivity index (χ3n) is 9.18. The molecule has 3 heterocycles. The van der Waals surface area contributed by atoms with Gasteiger partial charge in [-0.05, 0) is 18.9 Å². The molecule has 1 aliphatic heterocycles. The summed E-state index contributed by atoms with van der Waals surface area (Å²) in [6.45, 7) is 2.27. The van der Waals surface area contributed by atoms with Crippen LogP contribution in [0.15, 0.2) is 37.0 Å². The minimum absolute atomic E-state index is 0.0212. The first-order chi connectivity index (χ1) is 29.6. The summed E-state index contributed by atoms with van der Waals surface area (Å²) in [5, 5.41) is 26.1. The SMILES string of the molecule is CCCCCCCCC/C=C/C=C/C(=O)SCCNC(=O)CCNC(=O)[C@H](O)C(C)(C)COP(=O)([O-])OP(=O)([O-])OC[C@H]1O[C@@H](n2cnc3c(N)ncnc32)[C@H](O)[C@@H]1OP(=O)([O-])[O-]. The van der Waals surface area contributed by atoms with Gasteiger partial charge in [-0.3, -0.25) is 28.1 Å². The lowest BCUT2D eigenvalue weighted by molar-refractivity contribution is -0.347. The first kappa shape index (κ1) is 54.4. The van der Waals surface area contributed by atoms with E-state index in [4.69, 9.17) is 10.5 Å². The lowest BCUT2D eigenvalue weighted by Crippen LogP contribution is -2.46. The average molecular weight is 970 g/mol. The number of hydrogen-bond donors (Lipinski definition) is 5. The third kappa shape index (κ3) is 19.2. The van der Waals surface area contributed by atoms with Crippen molar-refractivity contribution in [3.05, 3.63) is 37.0 Å². The Labute approximate surface area is 368 Å². The van der Waals surface area contributed by atoms with Crippen molar-refractivity contribution in [2.45, 2.75) is 109 Å². The molecule has 0 bridgehead atoms. The number of ether oxygens (including phenoxy) is 1. The van der Waals surface area contributed by atoms with Gasteiger partial charge in [0.25, 0.3) is 15.6 Å². The van der Waals surface area contributed by atoms with E-state index in [9.17, 15) is 57.9 Å². The number of carbonyl (C=O) groups excluding carboxylic acids is 3. The zero-order valence-electron chi connectivity index (χ0n) is 34.9. The van der Waals surface area contributed by atoms with Gasteiger partial charge >= 0.3 is 0 Å². The lowest BCUT2D eigenvalue weighted by atomic mass is 9.87. The highest BCUT2D eigenvalue weighted by atomic mass is 32.2. The predicted octanol–water partition coefficient (Wildman–Crippen LogP) is 0.390. The molecular formula is C35H54N7O17P3S-4. The summed E-state index contributed by atoms with van der Waals surface area (Å²) in [5.74, 6) is -1.25. The number of aliphatic hydroxyl groups excluding tert-OH is 2. The molecule has 6 N–H and O–H groups in total. The Morgan fingerprint density at radius 2 is 1.68 bits per heavy atom. The summed E-state index contributed by atoms with van der Waals surface area (Å²) in [7, 11) is -17.6. The minimum atomic E-state index is -5.92. The summed E-state index contributed by atoms with van der Waals surface area (Å²) < 4.78 is 60.7. The normalized spacial score (nSPS) is 20.8. The van der Waals surface area contributed by atoms with Crippen molar-refractivity contribution in [3.8, 4) is 0 Å². The van der Waals surface area contributed by atoms with Crippen molar-refractivity contribution in [3.63, 3.8) is 0 Å². The number of amides is 2. The first-order valence-corrected chi connectivity index (χ1v) is 25.2. The van der Waals surface area contributed by atoms with Crippen molar-refractivity contribution in [1.29, 1.82) is 0 Å². The standard InChI is InChI=1S/C35H58N7O17P3S/c1-4-5-6-7-8-9-10-11-12-13-14-15-26(44)63-19-18-37-25(43)16-17-38-33(47)30(46)35(2,3)21-56-62(53,54)59-61(51,52)55-20-24-29(58-60(48,49)50)28(45)34(57-24)42-23-41-27-31(36)39-22-40-32(27)42/h12-15,22-24,28-30,34,45-46H,4-11,16-21H2,1-3H3,(H,37,43)(H,38,47)(H,51,52)(H,53,54)(H2,36,39,40)(H2,48,49,50)/p-4/b13-12+,15-14+/t24-,28-,29-,30+,34-/m1/s1. The van der Waals surface area contributed by atoms with Gasteiger partial charge in [0.2, 0.25) is 16.9 Å². The molecule has 0 radical (unpaired) electrons. The Bertz CT molecular complexity index is 2020. The topological polar surface area (TPSA) is 375 Å². The number of nitrogens with one attached hydrogen (secondary N) is 2. The molecule has 356 valence electrons. The molecule has 0 aliphatic carbocycles. The van der Waals surface area contributed by atoms with Gasteiger partial charge < -0.3 is 69.0 Å². The van der Waals surface area contributed by atoms with Crippen LogP contribution < -0.4 is 35.9 Å². The maximum absolute atomic E-state index is 12.6. The number of nitrogens with two attached hydrogens (primary N) is 1. The smallest absolute Gasteiger partial charge is 0.274 e. The van der Waals surface area contributed by atoms with Gasteiger partial charge in [0, 0.05) is 30.7 Å². The molecule has 3 rings (SSSR count). The fourth-order valence-electron chi connectivity index (χ4n) is 5.84. The molecule has 2 amide bonds. The lowest BCUT2D eigenvalue weighted by Gasteiger charge is -2.36. The summed E-state index contributed by atoms with van der Waals surface area (Å²) in [4.78, 5) is 96.4. The third-order valence-corrected chi connectivity index (χ3v) is 13.0. The second kappa shape index (κ2) is 25.7. The highest BCUT2D eigenvalue weighted by Crippen LogP contribution is 2.56. The number of fused-ring (bicyclic) bond motifs is 1. The minimum Gasteiger partial charge on any atom is -0.790 e. The number of aromatic nitrogens is 4. The Balaban J connectivity index is 1.38. The van der Waals surface area contributed by atoms with Crippen LogP contribution in [-0.2, 0) is 50.7 Å². The van der Waals surface area contributed by atoms with Crippen LogP contribution in [0.25, 0.3) is 11.2 Å². The van der Waals surface area contributed by atoms with E-state index in [1.165, 1.54) is 58.4 Å². The van der Waals surface area contributed by atoms with E-state index in [0.717, 1.165) is 41.8 Å². The summed E-state index contributed by atoms with van der Waals surface area (Å²) >= 11 is 1.02. The van der Waals surface area contributed by atoms with Gasteiger partial charge in [-0.1, -0.05) is 89.3 Å². The number of rotatable bonds is 29. The van der Waals surface area contributed by atoms with Crippen LogP contribution in [0.2, 0.25) is 0 Å².